The van der Waals surface area contributed by atoms with Crippen LogP contribution in [0.1, 0.15) is 17.2 Å². The number of hydrogen-bond acceptors (Lipinski definition) is 5. The fourth-order valence-electron chi connectivity index (χ4n) is 3.05. The lowest BCUT2D eigenvalue weighted by Crippen LogP contribution is -2.22. The largest absolute Gasteiger partial charge is 0.495 e. The Morgan fingerprint density at radius 2 is 1.61 bits per heavy atom. The highest BCUT2D eigenvalue weighted by Gasteiger charge is 2.21. The van der Waals surface area contributed by atoms with Crippen molar-refractivity contribution in [3.05, 3.63) is 83.9 Å². The quantitative estimate of drug-likeness (QED) is 0.549. The molecule has 7 nitrogen and oxygen atoms in total. The van der Waals surface area contributed by atoms with Crippen LogP contribution >= 0.6 is 0 Å². The van der Waals surface area contributed by atoms with Crippen molar-refractivity contribution >= 4 is 27.3 Å². The van der Waals surface area contributed by atoms with Gasteiger partial charge in [-0.05, 0) is 54.4 Å². The first-order valence-electron chi connectivity index (χ1n) is 9.50. The molecule has 0 saturated heterocycles. The standard InChI is InChI=1S/C23H24N2O5S/c1-16-9-14-21(29-2)20(15-16)25-31(27,28)19-12-10-18(11-13-19)24-23(26)22(30-3)17-7-5-4-6-8-17/h4-15,22,25H,1-3H3,(H,24,26). The number of carbonyl (C=O) groups excluding carboxylic acids is 1. The van der Waals surface area contributed by atoms with Crippen LogP contribution < -0.4 is 14.8 Å². The molecule has 0 aliphatic rings. The number of nitrogens with one attached hydrogen (secondary N) is 2. The third-order valence-electron chi connectivity index (χ3n) is 4.61. The van der Waals surface area contributed by atoms with Crippen LogP contribution in [0, 0.1) is 6.92 Å². The number of anilines is 2. The van der Waals surface area contributed by atoms with Crippen molar-refractivity contribution in [3.8, 4) is 5.75 Å². The molecule has 3 rings (SSSR count). The topological polar surface area (TPSA) is 93.7 Å². The summed E-state index contributed by atoms with van der Waals surface area (Å²) < 4.78 is 38.6. The zero-order valence-corrected chi connectivity index (χ0v) is 18.3. The second-order valence-electron chi connectivity index (χ2n) is 6.85. The second-order valence-corrected chi connectivity index (χ2v) is 8.53. The molecule has 0 aromatic heterocycles. The second kappa shape index (κ2) is 9.63. The molecule has 0 saturated carbocycles. The van der Waals surface area contributed by atoms with Crippen molar-refractivity contribution in [2.24, 2.45) is 0 Å². The molecule has 1 amide bonds. The lowest BCUT2D eigenvalue weighted by Gasteiger charge is -2.16. The van der Waals surface area contributed by atoms with Crippen molar-refractivity contribution in [1.29, 1.82) is 0 Å². The van der Waals surface area contributed by atoms with Gasteiger partial charge in [0.15, 0.2) is 6.10 Å². The summed E-state index contributed by atoms with van der Waals surface area (Å²) >= 11 is 0. The first-order chi connectivity index (χ1) is 14.8. The Labute approximate surface area is 182 Å². The normalized spacial score (nSPS) is 12.1. The molecule has 0 spiro atoms. The molecule has 0 fully saturated rings. The maximum atomic E-state index is 12.8. The minimum atomic E-state index is -3.84. The van der Waals surface area contributed by atoms with Crippen LogP contribution in [-0.4, -0.2) is 28.5 Å². The molecule has 2 N–H and O–H groups in total. The number of hydrogen-bond donors (Lipinski definition) is 2. The number of aryl methyl sites for hydroxylation is 1. The first-order valence-corrected chi connectivity index (χ1v) is 11.0. The van der Waals surface area contributed by atoms with Gasteiger partial charge in [-0.1, -0.05) is 36.4 Å². The van der Waals surface area contributed by atoms with E-state index < -0.39 is 16.1 Å². The summed E-state index contributed by atoms with van der Waals surface area (Å²) in [6.07, 6.45) is -0.778. The monoisotopic (exact) mass is 440 g/mol. The van der Waals surface area contributed by atoms with E-state index in [1.165, 1.54) is 38.5 Å². The van der Waals surface area contributed by atoms with Gasteiger partial charge in [-0.3, -0.25) is 9.52 Å². The minimum absolute atomic E-state index is 0.0559. The maximum Gasteiger partial charge on any atom is 0.262 e. The molecule has 3 aromatic rings. The van der Waals surface area contributed by atoms with Crippen LogP contribution in [0.15, 0.2) is 77.7 Å². The Balaban J connectivity index is 1.75. The van der Waals surface area contributed by atoms with Crippen LogP contribution in [0.2, 0.25) is 0 Å². The van der Waals surface area contributed by atoms with Gasteiger partial charge in [0.2, 0.25) is 0 Å². The predicted octanol–water partition coefficient (Wildman–Crippen LogP) is 4.13. The van der Waals surface area contributed by atoms with E-state index in [0.29, 0.717) is 17.1 Å². The van der Waals surface area contributed by atoms with Crippen LogP contribution in [0.4, 0.5) is 11.4 Å². The average Bonchev–Trinajstić information content (AvgIpc) is 2.75. The molecule has 0 bridgehead atoms. The summed E-state index contributed by atoms with van der Waals surface area (Å²) in [5.74, 6) is 0.0662. The highest BCUT2D eigenvalue weighted by molar-refractivity contribution is 7.92. The van der Waals surface area contributed by atoms with Gasteiger partial charge in [0.05, 0.1) is 17.7 Å². The maximum absolute atomic E-state index is 12.8. The van der Waals surface area contributed by atoms with Gasteiger partial charge in [0.1, 0.15) is 5.75 Å². The van der Waals surface area contributed by atoms with Crippen LogP contribution in [-0.2, 0) is 19.6 Å². The minimum Gasteiger partial charge on any atom is -0.495 e. The molecule has 0 aliphatic carbocycles. The lowest BCUT2D eigenvalue weighted by molar-refractivity contribution is -0.126. The van der Waals surface area contributed by atoms with Gasteiger partial charge in [0.25, 0.3) is 15.9 Å². The molecule has 162 valence electrons. The van der Waals surface area contributed by atoms with E-state index in [-0.39, 0.29) is 10.8 Å². The highest BCUT2D eigenvalue weighted by Crippen LogP contribution is 2.28. The number of benzene rings is 3. The Hall–Kier alpha value is -3.36. The zero-order valence-electron chi connectivity index (χ0n) is 17.5. The van der Waals surface area contributed by atoms with Crippen LogP contribution in [0.3, 0.4) is 0 Å². The summed E-state index contributed by atoms with van der Waals surface area (Å²) in [7, 11) is -0.908. The van der Waals surface area contributed by atoms with E-state index in [1.807, 2.05) is 31.2 Å². The molecule has 31 heavy (non-hydrogen) atoms. The molecular weight excluding hydrogens is 416 g/mol. The fraction of sp³-hybridized carbons (Fsp3) is 0.174. The Morgan fingerprint density at radius 1 is 0.935 bits per heavy atom. The van der Waals surface area contributed by atoms with E-state index in [2.05, 4.69) is 10.0 Å². The lowest BCUT2D eigenvalue weighted by atomic mass is 10.1. The Morgan fingerprint density at radius 3 is 2.23 bits per heavy atom. The summed E-state index contributed by atoms with van der Waals surface area (Å²) in [6.45, 7) is 1.86. The summed E-state index contributed by atoms with van der Waals surface area (Å²) in [6, 6.07) is 20.2. The van der Waals surface area contributed by atoms with Crippen molar-refractivity contribution in [3.63, 3.8) is 0 Å². The van der Waals surface area contributed by atoms with Gasteiger partial charge in [-0.15, -0.1) is 0 Å². The van der Waals surface area contributed by atoms with Gasteiger partial charge < -0.3 is 14.8 Å². The van der Waals surface area contributed by atoms with Crippen molar-refractivity contribution in [1.82, 2.24) is 0 Å². The van der Waals surface area contributed by atoms with Crippen LogP contribution in [0.25, 0.3) is 0 Å². The van der Waals surface area contributed by atoms with Crippen molar-refractivity contribution in [2.45, 2.75) is 17.9 Å². The zero-order chi connectivity index (χ0) is 22.4. The van der Waals surface area contributed by atoms with Gasteiger partial charge in [-0.2, -0.15) is 0 Å². The highest BCUT2D eigenvalue weighted by atomic mass is 32.2. The number of sulfonamides is 1. The van der Waals surface area contributed by atoms with E-state index in [0.717, 1.165) is 11.1 Å². The number of methoxy groups -OCH3 is 2. The van der Waals surface area contributed by atoms with Crippen LogP contribution in [0.5, 0.6) is 5.75 Å². The molecular formula is C23H24N2O5S. The third-order valence-corrected chi connectivity index (χ3v) is 5.99. The fourth-order valence-corrected chi connectivity index (χ4v) is 4.11. The summed E-state index contributed by atoms with van der Waals surface area (Å²) in [4.78, 5) is 12.6. The Bertz CT molecular complexity index is 1150. The number of amides is 1. The van der Waals surface area contributed by atoms with E-state index in [1.54, 1.807) is 24.3 Å². The molecule has 0 radical (unpaired) electrons. The third kappa shape index (κ3) is 5.42. The van der Waals surface area contributed by atoms with Gasteiger partial charge in [0, 0.05) is 12.8 Å². The summed E-state index contributed by atoms with van der Waals surface area (Å²) in [5, 5.41) is 2.75. The van der Waals surface area contributed by atoms with Crippen molar-refractivity contribution in [2.75, 3.05) is 24.3 Å². The molecule has 3 aromatic carbocycles. The van der Waals surface area contributed by atoms with Crippen molar-refractivity contribution < 1.29 is 22.7 Å². The molecule has 8 heteroatoms. The number of ether oxygens (including phenoxy) is 2. The molecule has 0 heterocycles. The van der Waals surface area contributed by atoms with Gasteiger partial charge >= 0.3 is 0 Å². The SMILES string of the molecule is COc1ccc(C)cc1NS(=O)(=O)c1ccc(NC(=O)C(OC)c2ccccc2)cc1. The number of rotatable bonds is 8. The first kappa shape index (κ1) is 22.3. The Kier molecular flexibility index (Phi) is 6.94. The average molecular weight is 441 g/mol. The molecule has 1 atom stereocenters. The molecule has 0 aliphatic heterocycles. The number of carbonyl (C=O) groups is 1. The van der Waals surface area contributed by atoms with E-state index >= 15 is 0 Å². The predicted molar refractivity (Wildman–Crippen MR) is 120 cm³/mol. The van der Waals surface area contributed by atoms with E-state index in [4.69, 9.17) is 9.47 Å². The summed E-state index contributed by atoms with van der Waals surface area (Å²) in [5.41, 5.74) is 2.42. The smallest absolute Gasteiger partial charge is 0.262 e. The van der Waals surface area contributed by atoms with E-state index in [9.17, 15) is 13.2 Å². The van der Waals surface area contributed by atoms with Gasteiger partial charge in [-0.25, -0.2) is 8.42 Å². The molecule has 1 unspecified atom stereocenters.